The molecule has 1 N–H and O–H groups in total. The molecule has 7 heteroatoms. The van der Waals surface area contributed by atoms with Crippen LogP contribution in [0.2, 0.25) is 0 Å². The second-order valence-corrected chi connectivity index (χ2v) is 8.01. The molecule has 0 aliphatic rings. The van der Waals surface area contributed by atoms with Gasteiger partial charge in [0.2, 0.25) is 0 Å². The lowest BCUT2D eigenvalue weighted by atomic mass is 10.2. The predicted octanol–water partition coefficient (Wildman–Crippen LogP) is 4.16. The first-order valence-corrected chi connectivity index (χ1v) is 9.72. The van der Waals surface area contributed by atoms with Crippen LogP contribution >= 0.6 is 22.7 Å². The summed E-state index contributed by atoms with van der Waals surface area (Å²) in [6, 6.07) is 9.78. The third kappa shape index (κ3) is 3.60. The smallest absolute Gasteiger partial charge is 0.195 e. The van der Waals surface area contributed by atoms with Gasteiger partial charge < -0.3 is 0 Å². The summed E-state index contributed by atoms with van der Waals surface area (Å²) in [6.07, 6.45) is 0. The maximum atomic E-state index is 12.2. The third-order valence-electron chi connectivity index (χ3n) is 2.98. The van der Waals surface area contributed by atoms with Crippen LogP contribution in [0.4, 0.5) is 5.13 Å². The fraction of sp³-hybridized carbons (Fsp3) is 0.200. The highest BCUT2D eigenvalue weighted by Crippen LogP contribution is 2.32. The molecule has 0 aliphatic heterocycles. The van der Waals surface area contributed by atoms with Gasteiger partial charge in [0, 0.05) is 5.38 Å². The van der Waals surface area contributed by atoms with E-state index >= 15 is 0 Å². The van der Waals surface area contributed by atoms with Crippen LogP contribution in [-0.2, 0) is 16.7 Å². The van der Waals surface area contributed by atoms with E-state index in [9.17, 15) is 4.21 Å². The number of benzene rings is 1. The normalized spacial score (nSPS) is 12.3. The van der Waals surface area contributed by atoms with E-state index in [1.807, 2.05) is 49.6 Å². The standard InChI is InChI=1S/C15H15N3OS3/c1-10-14(21-11(2)16-10)13-8-20-15(17-13)18-22(19)9-12-6-4-3-5-7-12/h3-8H,9H2,1-2H3,(H,17,18). The molecule has 0 aliphatic carbocycles. The van der Waals surface area contributed by atoms with Crippen LogP contribution in [-0.4, -0.2) is 14.2 Å². The van der Waals surface area contributed by atoms with E-state index in [4.69, 9.17) is 0 Å². The second-order valence-electron chi connectivity index (χ2n) is 4.76. The van der Waals surface area contributed by atoms with Gasteiger partial charge in [0.15, 0.2) is 5.13 Å². The van der Waals surface area contributed by atoms with Gasteiger partial charge >= 0.3 is 0 Å². The molecule has 114 valence electrons. The van der Waals surface area contributed by atoms with Crippen LogP contribution < -0.4 is 4.72 Å². The molecule has 1 unspecified atom stereocenters. The molecule has 4 nitrogen and oxygen atoms in total. The first-order chi connectivity index (χ1) is 10.6. The van der Waals surface area contributed by atoms with E-state index in [-0.39, 0.29) is 0 Å². The monoisotopic (exact) mass is 349 g/mol. The van der Waals surface area contributed by atoms with Gasteiger partial charge in [0.25, 0.3) is 0 Å². The van der Waals surface area contributed by atoms with Crippen LogP contribution in [0, 0.1) is 13.8 Å². The summed E-state index contributed by atoms with van der Waals surface area (Å²) >= 11 is 3.10. The lowest BCUT2D eigenvalue weighted by Gasteiger charge is -2.02. The molecule has 0 amide bonds. The van der Waals surface area contributed by atoms with Crippen LogP contribution in [0.25, 0.3) is 10.6 Å². The summed E-state index contributed by atoms with van der Waals surface area (Å²) in [6.45, 7) is 3.97. The Hall–Kier alpha value is -1.57. The van der Waals surface area contributed by atoms with Gasteiger partial charge in [0.05, 0.1) is 27.0 Å². The van der Waals surface area contributed by atoms with Gasteiger partial charge in [-0.1, -0.05) is 30.3 Å². The summed E-state index contributed by atoms with van der Waals surface area (Å²) < 4.78 is 15.1. The van der Waals surface area contributed by atoms with Crippen molar-refractivity contribution in [3.8, 4) is 10.6 Å². The van der Waals surface area contributed by atoms with E-state index < -0.39 is 11.0 Å². The highest BCUT2D eigenvalue weighted by Gasteiger charge is 2.12. The maximum absolute atomic E-state index is 12.2. The molecule has 0 fully saturated rings. The molecule has 0 spiro atoms. The van der Waals surface area contributed by atoms with Gasteiger partial charge in [0.1, 0.15) is 11.0 Å². The van der Waals surface area contributed by atoms with Crippen LogP contribution in [0.15, 0.2) is 35.7 Å². The molecule has 2 heterocycles. The highest BCUT2D eigenvalue weighted by atomic mass is 32.2. The van der Waals surface area contributed by atoms with Crippen molar-refractivity contribution in [2.75, 3.05) is 4.72 Å². The Kier molecular flexibility index (Phi) is 4.66. The lowest BCUT2D eigenvalue weighted by molar-refractivity contribution is 0.686. The molecule has 0 radical (unpaired) electrons. The minimum Gasteiger partial charge on any atom is -0.280 e. The molecule has 0 saturated carbocycles. The molecule has 0 bridgehead atoms. The van der Waals surface area contributed by atoms with E-state index in [1.54, 1.807) is 11.3 Å². The van der Waals surface area contributed by atoms with Crippen LogP contribution in [0.3, 0.4) is 0 Å². The van der Waals surface area contributed by atoms with Gasteiger partial charge in [-0.2, -0.15) is 0 Å². The summed E-state index contributed by atoms with van der Waals surface area (Å²) in [5, 5.41) is 3.68. The molecule has 1 aromatic carbocycles. The van der Waals surface area contributed by atoms with Crippen molar-refractivity contribution >= 4 is 38.8 Å². The van der Waals surface area contributed by atoms with Crippen molar-refractivity contribution in [2.24, 2.45) is 0 Å². The number of thiazole rings is 2. The number of hydrogen-bond donors (Lipinski definition) is 1. The number of nitrogens with zero attached hydrogens (tertiary/aromatic N) is 2. The van der Waals surface area contributed by atoms with Crippen LogP contribution in [0.5, 0.6) is 0 Å². The number of nitrogens with one attached hydrogen (secondary N) is 1. The summed E-state index contributed by atoms with van der Waals surface area (Å²) in [4.78, 5) is 10.0. The molecule has 22 heavy (non-hydrogen) atoms. The molecule has 3 rings (SSSR count). The molecule has 1 atom stereocenters. The minimum atomic E-state index is -1.18. The van der Waals surface area contributed by atoms with Crippen molar-refractivity contribution in [3.05, 3.63) is 52.0 Å². The van der Waals surface area contributed by atoms with Gasteiger partial charge in [-0.05, 0) is 19.4 Å². The topological polar surface area (TPSA) is 54.9 Å². The van der Waals surface area contributed by atoms with E-state index in [2.05, 4.69) is 14.7 Å². The number of aromatic nitrogens is 2. The van der Waals surface area contributed by atoms with Crippen molar-refractivity contribution in [3.63, 3.8) is 0 Å². The molecular weight excluding hydrogens is 334 g/mol. The maximum Gasteiger partial charge on any atom is 0.195 e. The molecule has 3 aromatic rings. The Morgan fingerprint density at radius 3 is 2.64 bits per heavy atom. The Morgan fingerprint density at radius 1 is 1.18 bits per heavy atom. The Labute approximate surface area is 139 Å². The Morgan fingerprint density at radius 2 is 1.95 bits per heavy atom. The largest absolute Gasteiger partial charge is 0.280 e. The highest BCUT2D eigenvalue weighted by molar-refractivity contribution is 7.85. The summed E-state index contributed by atoms with van der Waals surface area (Å²) in [7, 11) is -1.18. The van der Waals surface area contributed by atoms with Gasteiger partial charge in [-0.3, -0.25) is 4.72 Å². The van der Waals surface area contributed by atoms with E-state index in [0.29, 0.717) is 10.9 Å². The van der Waals surface area contributed by atoms with Crippen molar-refractivity contribution in [1.29, 1.82) is 0 Å². The van der Waals surface area contributed by atoms with Gasteiger partial charge in [-0.15, -0.1) is 22.7 Å². The Bertz CT molecular complexity index is 795. The fourth-order valence-electron chi connectivity index (χ4n) is 2.05. The first-order valence-electron chi connectivity index (χ1n) is 6.70. The van der Waals surface area contributed by atoms with Crippen molar-refractivity contribution in [2.45, 2.75) is 19.6 Å². The number of anilines is 1. The SMILES string of the molecule is Cc1nc(C)c(-c2csc(NS(=O)Cc3ccccc3)n2)s1. The second kappa shape index (κ2) is 6.68. The first kappa shape index (κ1) is 15.3. The number of rotatable bonds is 5. The minimum absolute atomic E-state index is 0.467. The average Bonchev–Trinajstić information content (AvgIpc) is 3.06. The Balaban J connectivity index is 1.69. The zero-order valence-corrected chi connectivity index (χ0v) is 14.6. The average molecular weight is 350 g/mol. The summed E-state index contributed by atoms with van der Waals surface area (Å²) in [5.74, 6) is 0.467. The quantitative estimate of drug-likeness (QED) is 0.752. The fourth-order valence-corrected chi connectivity index (χ4v) is 4.83. The van der Waals surface area contributed by atoms with Crippen molar-refractivity contribution in [1.82, 2.24) is 9.97 Å². The zero-order chi connectivity index (χ0) is 15.5. The lowest BCUT2D eigenvalue weighted by Crippen LogP contribution is -2.06. The van der Waals surface area contributed by atoms with E-state index in [1.165, 1.54) is 11.3 Å². The number of hydrogen-bond acceptors (Lipinski definition) is 5. The third-order valence-corrected chi connectivity index (χ3v) is 5.98. The summed E-state index contributed by atoms with van der Waals surface area (Å²) in [5.41, 5.74) is 2.93. The zero-order valence-electron chi connectivity index (χ0n) is 12.2. The molecule has 0 saturated heterocycles. The molecule has 2 aromatic heterocycles. The van der Waals surface area contributed by atoms with Crippen molar-refractivity contribution < 1.29 is 4.21 Å². The molecular formula is C15H15N3OS3. The number of aryl methyl sites for hydroxylation is 2. The van der Waals surface area contributed by atoms with E-state index in [0.717, 1.165) is 26.8 Å². The van der Waals surface area contributed by atoms with Crippen LogP contribution in [0.1, 0.15) is 16.3 Å². The predicted molar refractivity (Wildman–Crippen MR) is 94.6 cm³/mol. The van der Waals surface area contributed by atoms with Gasteiger partial charge in [-0.25, -0.2) is 14.2 Å².